The van der Waals surface area contributed by atoms with Crippen LogP contribution in [0.25, 0.3) is 21.8 Å². The van der Waals surface area contributed by atoms with Gasteiger partial charge >= 0.3 is 5.97 Å². The predicted molar refractivity (Wildman–Crippen MR) is 130 cm³/mol. The maximum atomic E-state index is 10.7. The molecule has 0 spiro atoms. The third-order valence-electron chi connectivity index (χ3n) is 6.15. The highest BCUT2D eigenvalue weighted by Gasteiger charge is 2.10. The molecule has 0 aliphatic rings. The van der Waals surface area contributed by atoms with Crippen molar-refractivity contribution in [2.45, 2.75) is 51.9 Å². The number of aliphatic carboxylic acids is 1. The number of hydrogen-bond acceptors (Lipinski definition) is 4. The van der Waals surface area contributed by atoms with E-state index in [0.29, 0.717) is 18.2 Å². The Hall–Kier alpha value is -3.47. The summed E-state index contributed by atoms with van der Waals surface area (Å²) in [7, 11) is 0. The van der Waals surface area contributed by atoms with E-state index in [1.54, 1.807) is 0 Å². The quantitative estimate of drug-likeness (QED) is 0.346. The fraction of sp³-hybridized carbons (Fsp3) is 0.296. The van der Waals surface area contributed by atoms with E-state index >= 15 is 0 Å². The van der Waals surface area contributed by atoms with Crippen LogP contribution < -0.4 is 5.73 Å². The molecule has 0 aliphatic carbocycles. The van der Waals surface area contributed by atoms with Crippen molar-refractivity contribution in [1.29, 1.82) is 0 Å². The second-order valence-electron chi connectivity index (χ2n) is 8.69. The number of nitrogen functional groups attached to an aromatic ring is 1. The molecule has 1 unspecified atom stereocenters. The standard InChI is InChI=1S/C27H29N3O2/c1-17-6-13-22-23-15-20(16-29-26(23)27(28)30-24(22)14-17)8-7-19-9-11-21(12-10-19)18(2)4-3-5-25(31)32/h6,9-16,18H,3-5,7-8H2,1-2H3,(H2,28,30)(H,31,32). The number of hydrogen-bond donors (Lipinski definition) is 2. The highest BCUT2D eigenvalue weighted by atomic mass is 16.4. The van der Waals surface area contributed by atoms with Gasteiger partial charge in [0.1, 0.15) is 5.52 Å². The zero-order chi connectivity index (χ0) is 22.7. The lowest BCUT2D eigenvalue weighted by Gasteiger charge is -2.12. The van der Waals surface area contributed by atoms with E-state index in [0.717, 1.165) is 46.6 Å². The molecule has 0 amide bonds. The molecule has 1 atom stereocenters. The number of benzene rings is 2. The van der Waals surface area contributed by atoms with E-state index in [1.165, 1.54) is 16.7 Å². The topological polar surface area (TPSA) is 89.1 Å². The smallest absolute Gasteiger partial charge is 0.303 e. The van der Waals surface area contributed by atoms with Gasteiger partial charge in [0.15, 0.2) is 5.82 Å². The average Bonchev–Trinajstić information content (AvgIpc) is 2.77. The maximum Gasteiger partial charge on any atom is 0.303 e. The summed E-state index contributed by atoms with van der Waals surface area (Å²) in [4.78, 5) is 19.8. The Balaban J connectivity index is 1.47. The molecule has 0 fully saturated rings. The van der Waals surface area contributed by atoms with E-state index in [2.05, 4.69) is 72.3 Å². The number of carboxylic acid groups (broad SMARTS) is 1. The van der Waals surface area contributed by atoms with Crippen LogP contribution in [0.1, 0.15) is 54.4 Å². The molecule has 2 aromatic carbocycles. The summed E-state index contributed by atoms with van der Waals surface area (Å²) in [6.07, 6.45) is 5.56. The van der Waals surface area contributed by atoms with Gasteiger partial charge in [0.2, 0.25) is 0 Å². The number of nitrogens with zero attached hydrogens (tertiary/aromatic N) is 2. The minimum Gasteiger partial charge on any atom is -0.481 e. The first-order valence-corrected chi connectivity index (χ1v) is 11.2. The van der Waals surface area contributed by atoms with Crippen LogP contribution in [-0.4, -0.2) is 21.0 Å². The van der Waals surface area contributed by atoms with Crippen LogP contribution in [-0.2, 0) is 17.6 Å². The van der Waals surface area contributed by atoms with Crippen molar-refractivity contribution in [2.75, 3.05) is 5.73 Å². The summed E-state index contributed by atoms with van der Waals surface area (Å²) in [6.45, 7) is 4.21. The van der Waals surface area contributed by atoms with Gasteiger partial charge < -0.3 is 10.8 Å². The number of pyridine rings is 2. The van der Waals surface area contributed by atoms with Crippen molar-refractivity contribution in [1.82, 2.24) is 9.97 Å². The van der Waals surface area contributed by atoms with Gasteiger partial charge in [-0.1, -0.05) is 43.3 Å². The minimum absolute atomic E-state index is 0.235. The molecule has 2 aromatic heterocycles. The Morgan fingerprint density at radius 3 is 2.53 bits per heavy atom. The van der Waals surface area contributed by atoms with E-state index in [9.17, 15) is 4.79 Å². The first-order chi connectivity index (χ1) is 15.4. The molecule has 3 N–H and O–H groups in total. The summed E-state index contributed by atoms with van der Waals surface area (Å²) in [5.41, 5.74) is 12.7. The number of aryl methyl sites for hydroxylation is 3. The van der Waals surface area contributed by atoms with E-state index in [1.807, 2.05) is 6.20 Å². The lowest BCUT2D eigenvalue weighted by atomic mass is 9.94. The monoisotopic (exact) mass is 427 g/mol. The van der Waals surface area contributed by atoms with Crippen molar-refractivity contribution in [2.24, 2.45) is 0 Å². The normalized spacial score (nSPS) is 12.3. The molecule has 5 heteroatoms. The van der Waals surface area contributed by atoms with Crippen molar-refractivity contribution >= 4 is 33.6 Å². The number of aromatic nitrogens is 2. The number of carbonyl (C=O) groups is 1. The summed E-state index contributed by atoms with van der Waals surface area (Å²) >= 11 is 0. The summed E-state index contributed by atoms with van der Waals surface area (Å²) < 4.78 is 0. The third-order valence-corrected chi connectivity index (χ3v) is 6.15. The van der Waals surface area contributed by atoms with Gasteiger partial charge in [-0.25, -0.2) is 4.98 Å². The Kier molecular flexibility index (Phi) is 6.35. The Bertz CT molecular complexity index is 1270. The van der Waals surface area contributed by atoms with Crippen molar-refractivity contribution in [3.05, 3.63) is 77.0 Å². The largest absolute Gasteiger partial charge is 0.481 e. The van der Waals surface area contributed by atoms with Gasteiger partial charge in [-0.3, -0.25) is 9.78 Å². The molecule has 4 aromatic rings. The summed E-state index contributed by atoms with van der Waals surface area (Å²) in [6, 6.07) is 17.1. The number of fused-ring (bicyclic) bond motifs is 3. The second kappa shape index (κ2) is 9.35. The van der Waals surface area contributed by atoms with Gasteiger partial charge in [0.05, 0.1) is 5.52 Å². The van der Waals surface area contributed by atoms with Crippen LogP contribution in [0.2, 0.25) is 0 Å². The molecule has 32 heavy (non-hydrogen) atoms. The average molecular weight is 428 g/mol. The number of anilines is 1. The number of nitrogens with two attached hydrogens (primary N) is 1. The van der Waals surface area contributed by atoms with Gasteiger partial charge in [0.25, 0.3) is 0 Å². The van der Waals surface area contributed by atoms with Crippen molar-refractivity contribution in [3.63, 3.8) is 0 Å². The van der Waals surface area contributed by atoms with Crippen molar-refractivity contribution in [3.8, 4) is 0 Å². The minimum atomic E-state index is -0.724. The molecule has 0 saturated carbocycles. The Morgan fingerprint density at radius 2 is 1.78 bits per heavy atom. The zero-order valence-corrected chi connectivity index (χ0v) is 18.6. The van der Waals surface area contributed by atoms with Crippen LogP contribution in [0.4, 0.5) is 5.82 Å². The predicted octanol–water partition coefficient (Wildman–Crippen LogP) is 5.82. The van der Waals surface area contributed by atoms with E-state index in [-0.39, 0.29) is 6.42 Å². The number of rotatable bonds is 8. The van der Waals surface area contributed by atoms with Gasteiger partial charge in [-0.15, -0.1) is 0 Å². The van der Waals surface area contributed by atoms with Gasteiger partial charge in [-0.05, 0) is 72.9 Å². The molecule has 0 aliphatic heterocycles. The van der Waals surface area contributed by atoms with Gasteiger partial charge in [0, 0.05) is 23.4 Å². The molecule has 5 nitrogen and oxygen atoms in total. The summed E-state index contributed by atoms with van der Waals surface area (Å²) in [5, 5.41) is 10.9. The fourth-order valence-corrected chi connectivity index (χ4v) is 4.23. The highest BCUT2D eigenvalue weighted by Crippen LogP contribution is 2.28. The number of carboxylic acids is 1. The second-order valence-corrected chi connectivity index (χ2v) is 8.69. The molecule has 0 bridgehead atoms. The van der Waals surface area contributed by atoms with Gasteiger partial charge in [-0.2, -0.15) is 0 Å². The summed E-state index contributed by atoms with van der Waals surface area (Å²) in [5.74, 6) is 0.111. The fourth-order valence-electron chi connectivity index (χ4n) is 4.23. The van der Waals surface area contributed by atoms with Crippen molar-refractivity contribution < 1.29 is 9.90 Å². The van der Waals surface area contributed by atoms with Crippen LogP contribution in [0.15, 0.2) is 54.7 Å². The Labute approximate surface area is 188 Å². The first kappa shape index (κ1) is 21.8. The third kappa shape index (κ3) is 4.88. The molecule has 2 heterocycles. The van der Waals surface area contributed by atoms with Crippen LogP contribution in [0.3, 0.4) is 0 Å². The zero-order valence-electron chi connectivity index (χ0n) is 18.6. The molecular formula is C27H29N3O2. The maximum absolute atomic E-state index is 10.7. The van der Waals surface area contributed by atoms with E-state index < -0.39 is 5.97 Å². The SMILES string of the molecule is Cc1ccc2c(c1)nc(N)c1ncc(CCc3ccc(C(C)CCCC(=O)O)cc3)cc12. The van der Waals surface area contributed by atoms with Crippen LogP contribution in [0, 0.1) is 6.92 Å². The molecule has 164 valence electrons. The molecule has 4 rings (SSSR count). The molecule has 0 saturated heterocycles. The molecular weight excluding hydrogens is 398 g/mol. The van der Waals surface area contributed by atoms with E-state index in [4.69, 9.17) is 10.8 Å². The Morgan fingerprint density at radius 1 is 1.03 bits per heavy atom. The lowest BCUT2D eigenvalue weighted by molar-refractivity contribution is -0.137. The van der Waals surface area contributed by atoms with Crippen LogP contribution >= 0.6 is 0 Å². The lowest BCUT2D eigenvalue weighted by Crippen LogP contribution is -1.99. The first-order valence-electron chi connectivity index (χ1n) is 11.2. The molecule has 0 radical (unpaired) electrons. The highest BCUT2D eigenvalue weighted by molar-refractivity contribution is 6.08. The van der Waals surface area contributed by atoms with Crippen LogP contribution in [0.5, 0.6) is 0 Å².